The number of hydrogen-bond acceptors (Lipinski definition) is 2. The molecule has 0 saturated carbocycles. The van der Waals surface area contributed by atoms with Crippen molar-refractivity contribution in [3.05, 3.63) is 0 Å². The summed E-state index contributed by atoms with van der Waals surface area (Å²) in [6.45, 7) is 6.96. The van der Waals surface area contributed by atoms with Gasteiger partial charge in [-0.25, -0.2) is 0 Å². The molecule has 0 heterocycles. The van der Waals surface area contributed by atoms with Crippen molar-refractivity contribution in [2.45, 2.75) is 33.1 Å². The van der Waals surface area contributed by atoms with Crippen LogP contribution in [0, 0.1) is 5.92 Å². The van der Waals surface area contributed by atoms with E-state index in [1.807, 2.05) is 0 Å². The van der Waals surface area contributed by atoms with Crippen molar-refractivity contribution in [1.29, 1.82) is 0 Å². The summed E-state index contributed by atoms with van der Waals surface area (Å²) in [5, 5.41) is 11.9. The van der Waals surface area contributed by atoms with Crippen molar-refractivity contribution < 1.29 is 5.11 Å². The second-order valence-electron chi connectivity index (χ2n) is 3.38. The molecule has 0 aliphatic rings. The van der Waals surface area contributed by atoms with Crippen LogP contribution in [0.3, 0.4) is 0 Å². The second kappa shape index (κ2) is 8.02. The lowest BCUT2D eigenvalue weighted by Gasteiger charge is -2.06. The molecule has 68 valence electrons. The fraction of sp³-hybridized carbons (Fsp3) is 1.00. The van der Waals surface area contributed by atoms with Gasteiger partial charge in [-0.05, 0) is 38.3 Å². The van der Waals surface area contributed by atoms with E-state index in [4.69, 9.17) is 5.11 Å². The Hall–Kier alpha value is -0.0800. The molecule has 0 aromatic carbocycles. The molecule has 0 spiro atoms. The first-order valence-electron chi connectivity index (χ1n) is 4.59. The molecule has 0 bridgehead atoms. The third-order valence-electron chi connectivity index (χ3n) is 1.56. The van der Waals surface area contributed by atoms with Crippen LogP contribution in [0.1, 0.15) is 33.1 Å². The highest BCUT2D eigenvalue weighted by atomic mass is 16.2. The van der Waals surface area contributed by atoms with E-state index >= 15 is 0 Å². The number of unbranched alkanes of at least 4 members (excludes halogenated alkanes) is 2. The van der Waals surface area contributed by atoms with Gasteiger partial charge in [0.25, 0.3) is 0 Å². The highest BCUT2D eigenvalue weighted by Crippen LogP contribution is 1.93. The largest absolute Gasteiger partial charge is 0.396 e. The standard InChI is InChI=1S/C9H21NO/c1-9(2)8-10-6-4-3-5-7-11/h9-11H,3-8H2,1-2H3. The minimum atomic E-state index is 0.337. The molecule has 2 nitrogen and oxygen atoms in total. The molecule has 0 amide bonds. The van der Waals surface area contributed by atoms with Crippen LogP contribution in [-0.4, -0.2) is 24.8 Å². The fourth-order valence-electron chi connectivity index (χ4n) is 0.929. The number of rotatable bonds is 7. The predicted octanol–water partition coefficient (Wildman–Crippen LogP) is 1.39. The smallest absolute Gasteiger partial charge is 0.0431 e. The van der Waals surface area contributed by atoms with E-state index < -0.39 is 0 Å². The summed E-state index contributed by atoms with van der Waals surface area (Å²) in [4.78, 5) is 0. The van der Waals surface area contributed by atoms with E-state index in [9.17, 15) is 0 Å². The van der Waals surface area contributed by atoms with Crippen LogP contribution in [0.15, 0.2) is 0 Å². The summed E-state index contributed by atoms with van der Waals surface area (Å²) in [7, 11) is 0. The summed E-state index contributed by atoms with van der Waals surface area (Å²) in [6.07, 6.45) is 3.28. The Morgan fingerprint density at radius 2 is 1.91 bits per heavy atom. The van der Waals surface area contributed by atoms with Crippen molar-refractivity contribution in [2.75, 3.05) is 19.7 Å². The van der Waals surface area contributed by atoms with Crippen molar-refractivity contribution in [3.63, 3.8) is 0 Å². The average Bonchev–Trinajstić information content (AvgIpc) is 1.96. The van der Waals surface area contributed by atoms with Crippen LogP contribution in [0.4, 0.5) is 0 Å². The molecule has 0 aromatic rings. The molecule has 0 unspecified atom stereocenters. The Balaban J connectivity index is 2.80. The first-order valence-corrected chi connectivity index (χ1v) is 4.59. The van der Waals surface area contributed by atoms with Crippen LogP contribution >= 0.6 is 0 Å². The Labute approximate surface area is 70.0 Å². The van der Waals surface area contributed by atoms with Crippen LogP contribution < -0.4 is 5.32 Å². The second-order valence-corrected chi connectivity index (χ2v) is 3.38. The van der Waals surface area contributed by atoms with Gasteiger partial charge in [-0.15, -0.1) is 0 Å². The van der Waals surface area contributed by atoms with Gasteiger partial charge in [0.05, 0.1) is 0 Å². The predicted molar refractivity (Wildman–Crippen MR) is 48.6 cm³/mol. The molecule has 0 aliphatic heterocycles. The lowest BCUT2D eigenvalue weighted by Crippen LogP contribution is -2.20. The molecule has 0 fully saturated rings. The maximum Gasteiger partial charge on any atom is 0.0431 e. The van der Waals surface area contributed by atoms with E-state index in [1.54, 1.807) is 0 Å². The third-order valence-corrected chi connectivity index (χ3v) is 1.56. The van der Waals surface area contributed by atoms with Crippen molar-refractivity contribution in [1.82, 2.24) is 5.32 Å². The van der Waals surface area contributed by atoms with E-state index in [1.165, 1.54) is 6.42 Å². The molecule has 2 N–H and O–H groups in total. The molecule has 0 aliphatic carbocycles. The summed E-state index contributed by atoms with van der Waals surface area (Å²) >= 11 is 0. The summed E-state index contributed by atoms with van der Waals surface area (Å²) in [5.41, 5.74) is 0. The molecule has 0 rings (SSSR count). The quantitative estimate of drug-likeness (QED) is 0.550. The lowest BCUT2D eigenvalue weighted by atomic mass is 10.2. The third kappa shape index (κ3) is 9.92. The van der Waals surface area contributed by atoms with E-state index in [2.05, 4.69) is 19.2 Å². The summed E-state index contributed by atoms with van der Waals surface area (Å²) < 4.78 is 0. The van der Waals surface area contributed by atoms with Gasteiger partial charge in [-0.3, -0.25) is 0 Å². The topological polar surface area (TPSA) is 32.3 Å². The Morgan fingerprint density at radius 3 is 2.45 bits per heavy atom. The molecule has 0 saturated heterocycles. The first kappa shape index (κ1) is 10.9. The minimum Gasteiger partial charge on any atom is -0.396 e. The maximum absolute atomic E-state index is 8.49. The fourth-order valence-corrected chi connectivity index (χ4v) is 0.929. The van der Waals surface area contributed by atoms with Gasteiger partial charge in [-0.1, -0.05) is 13.8 Å². The van der Waals surface area contributed by atoms with E-state index in [0.717, 1.165) is 31.8 Å². The average molecular weight is 159 g/mol. The molecule has 0 radical (unpaired) electrons. The van der Waals surface area contributed by atoms with Crippen LogP contribution in [0.25, 0.3) is 0 Å². The van der Waals surface area contributed by atoms with Gasteiger partial charge in [0.15, 0.2) is 0 Å². The van der Waals surface area contributed by atoms with E-state index in [0.29, 0.717) is 6.61 Å². The molecule has 11 heavy (non-hydrogen) atoms. The SMILES string of the molecule is CC(C)CNCCCCCO. The highest BCUT2D eigenvalue weighted by Gasteiger charge is 1.91. The number of aliphatic hydroxyl groups is 1. The Morgan fingerprint density at radius 1 is 1.18 bits per heavy atom. The van der Waals surface area contributed by atoms with Crippen molar-refractivity contribution in [2.24, 2.45) is 5.92 Å². The zero-order chi connectivity index (χ0) is 8.53. The monoisotopic (exact) mass is 159 g/mol. The number of nitrogens with one attached hydrogen (secondary N) is 1. The first-order chi connectivity index (χ1) is 5.27. The molecule has 2 heteroatoms. The molecule has 0 aromatic heterocycles. The zero-order valence-corrected chi connectivity index (χ0v) is 7.77. The Kier molecular flexibility index (Phi) is 7.96. The van der Waals surface area contributed by atoms with Gasteiger partial charge in [0, 0.05) is 6.61 Å². The van der Waals surface area contributed by atoms with Crippen LogP contribution in [0.2, 0.25) is 0 Å². The van der Waals surface area contributed by atoms with Crippen molar-refractivity contribution >= 4 is 0 Å². The van der Waals surface area contributed by atoms with Gasteiger partial charge in [0.2, 0.25) is 0 Å². The van der Waals surface area contributed by atoms with Crippen molar-refractivity contribution in [3.8, 4) is 0 Å². The minimum absolute atomic E-state index is 0.337. The molecular weight excluding hydrogens is 138 g/mol. The highest BCUT2D eigenvalue weighted by molar-refractivity contribution is 4.51. The summed E-state index contributed by atoms with van der Waals surface area (Å²) in [5.74, 6) is 0.743. The van der Waals surface area contributed by atoms with Gasteiger partial charge >= 0.3 is 0 Å². The number of aliphatic hydroxyl groups excluding tert-OH is 1. The Bertz CT molecular complexity index is 74.0. The van der Waals surface area contributed by atoms with E-state index in [-0.39, 0.29) is 0 Å². The zero-order valence-electron chi connectivity index (χ0n) is 7.77. The number of hydrogen-bond donors (Lipinski definition) is 2. The van der Waals surface area contributed by atoms with Gasteiger partial charge < -0.3 is 10.4 Å². The molecule has 0 atom stereocenters. The molecular formula is C9H21NO. The van der Waals surface area contributed by atoms with Gasteiger partial charge in [-0.2, -0.15) is 0 Å². The van der Waals surface area contributed by atoms with Crippen LogP contribution in [-0.2, 0) is 0 Å². The lowest BCUT2D eigenvalue weighted by molar-refractivity contribution is 0.282. The summed E-state index contributed by atoms with van der Waals surface area (Å²) in [6, 6.07) is 0. The van der Waals surface area contributed by atoms with Crippen LogP contribution in [0.5, 0.6) is 0 Å². The maximum atomic E-state index is 8.49. The van der Waals surface area contributed by atoms with Gasteiger partial charge in [0.1, 0.15) is 0 Å². The normalized spacial score (nSPS) is 10.9.